The molecule has 1 unspecified atom stereocenters. The lowest BCUT2D eigenvalue weighted by molar-refractivity contribution is -0.147. The quantitative estimate of drug-likeness (QED) is 0.459. The molecule has 1 saturated carbocycles. The van der Waals surface area contributed by atoms with Crippen molar-refractivity contribution in [2.45, 2.75) is 51.5 Å². The van der Waals surface area contributed by atoms with Gasteiger partial charge in [-0.1, -0.05) is 19.3 Å². The van der Waals surface area contributed by atoms with Crippen LogP contribution in [-0.2, 0) is 14.3 Å². The van der Waals surface area contributed by atoms with Gasteiger partial charge in [-0.25, -0.2) is 4.79 Å². The van der Waals surface area contributed by atoms with Crippen molar-refractivity contribution in [1.29, 1.82) is 0 Å². The van der Waals surface area contributed by atoms with Gasteiger partial charge in [0, 0.05) is 12.3 Å². The molecule has 0 heterocycles. The first-order chi connectivity index (χ1) is 8.65. The molecule has 1 fully saturated rings. The highest BCUT2D eigenvalue weighted by Crippen LogP contribution is 2.23. The molecule has 1 aliphatic rings. The van der Waals surface area contributed by atoms with Crippen LogP contribution >= 0.6 is 0 Å². The van der Waals surface area contributed by atoms with E-state index in [9.17, 15) is 9.59 Å². The zero-order valence-electron chi connectivity index (χ0n) is 10.9. The highest BCUT2D eigenvalue weighted by atomic mass is 16.5. The number of hydrogen-bond donors (Lipinski definition) is 1. The standard InChI is InChI=1S/C14H21NO3/c1-3-4-10-18-14(17)11(2)15-13(16)12-8-6-5-7-9-12/h1,11-12H,4-10H2,2H3,(H,15,16). The summed E-state index contributed by atoms with van der Waals surface area (Å²) in [6, 6.07) is -0.600. The van der Waals surface area contributed by atoms with Crippen LogP contribution in [-0.4, -0.2) is 24.5 Å². The normalized spacial score (nSPS) is 17.6. The number of carbonyl (C=O) groups excluding carboxylic acids is 2. The number of rotatable bonds is 5. The van der Waals surface area contributed by atoms with Crippen molar-refractivity contribution in [2.24, 2.45) is 5.92 Å². The third kappa shape index (κ3) is 4.79. The van der Waals surface area contributed by atoms with E-state index in [1.807, 2.05) is 0 Å². The largest absolute Gasteiger partial charge is 0.463 e. The molecular formula is C14H21NO3. The van der Waals surface area contributed by atoms with Gasteiger partial charge in [-0.05, 0) is 19.8 Å². The van der Waals surface area contributed by atoms with Gasteiger partial charge < -0.3 is 10.1 Å². The molecule has 0 aromatic carbocycles. The maximum atomic E-state index is 11.9. The van der Waals surface area contributed by atoms with Gasteiger partial charge in [0.25, 0.3) is 0 Å². The van der Waals surface area contributed by atoms with Gasteiger partial charge in [0.2, 0.25) is 5.91 Å². The number of ether oxygens (including phenoxy) is 1. The van der Waals surface area contributed by atoms with Crippen LogP contribution in [0.2, 0.25) is 0 Å². The second kappa shape index (κ2) is 7.75. The summed E-state index contributed by atoms with van der Waals surface area (Å²) in [6.07, 6.45) is 10.7. The van der Waals surface area contributed by atoms with E-state index in [4.69, 9.17) is 11.2 Å². The number of nitrogens with one attached hydrogen (secondary N) is 1. The van der Waals surface area contributed by atoms with Gasteiger partial charge >= 0.3 is 5.97 Å². The van der Waals surface area contributed by atoms with Crippen LogP contribution in [0.5, 0.6) is 0 Å². The third-order valence-electron chi connectivity index (χ3n) is 3.18. The summed E-state index contributed by atoms with van der Waals surface area (Å²) in [5.74, 6) is 1.99. The van der Waals surface area contributed by atoms with Gasteiger partial charge in [-0.15, -0.1) is 12.3 Å². The van der Waals surface area contributed by atoms with Crippen molar-refractivity contribution in [1.82, 2.24) is 5.32 Å². The van der Waals surface area contributed by atoms with E-state index >= 15 is 0 Å². The summed E-state index contributed by atoms with van der Waals surface area (Å²) in [6.45, 7) is 1.85. The lowest BCUT2D eigenvalue weighted by Gasteiger charge is -2.22. The Hall–Kier alpha value is -1.50. The van der Waals surface area contributed by atoms with Gasteiger partial charge in [0.1, 0.15) is 12.6 Å². The zero-order valence-corrected chi connectivity index (χ0v) is 10.9. The molecule has 4 nitrogen and oxygen atoms in total. The minimum Gasteiger partial charge on any atom is -0.463 e. The Labute approximate surface area is 108 Å². The predicted octanol–water partition coefficient (Wildman–Crippen LogP) is 1.64. The van der Waals surface area contributed by atoms with E-state index < -0.39 is 12.0 Å². The Bertz CT molecular complexity index is 326. The number of hydrogen-bond acceptors (Lipinski definition) is 3. The molecule has 0 aliphatic heterocycles. The van der Waals surface area contributed by atoms with Crippen LogP contribution in [0.15, 0.2) is 0 Å². The molecule has 1 rings (SSSR count). The van der Waals surface area contributed by atoms with Crippen molar-refractivity contribution < 1.29 is 14.3 Å². The van der Waals surface area contributed by atoms with Crippen LogP contribution in [0.1, 0.15) is 45.4 Å². The second-order valence-corrected chi connectivity index (χ2v) is 4.69. The number of esters is 1. The summed E-state index contributed by atoms with van der Waals surface area (Å²) in [5.41, 5.74) is 0. The molecule has 100 valence electrons. The maximum absolute atomic E-state index is 11.9. The van der Waals surface area contributed by atoms with E-state index in [0.717, 1.165) is 25.7 Å². The molecule has 0 spiro atoms. The molecule has 1 amide bonds. The fourth-order valence-electron chi connectivity index (χ4n) is 2.09. The van der Waals surface area contributed by atoms with E-state index in [0.29, 0.717) is 6.42 Å². The van der Waals surface area contributed by atoms with Crippen LogP contribution in [0.25, 0.3) is 0 Å². The van der Waals surface area contributed by atoms with Gasteiger partial charge in [-0.2, -0.15) is 0 Å². The molecule has 1 atom stereocenters. The smallest absolute Gasteiger partial charge is 0.328 e. The summed E-state index contributed by atoms with van der Waals surface area (Å²) < 4.78 is 4.94. The predicted molar refractivity (Wildman–Crippen MR) is 68.6 cm³/mol. The Kier molecular flexibility index (Phi) is 6.27. The van der Waals surface area contributed by atoms with Crippen molar-refractivity contribution in [2.75, 3.05) is 6.61 Å². The minimum atomic E-state index is -0.600. The molecule has 0 bridgehead atoms. The van der Waals surface area contributed by atoms with Gasteiger partial charge in [0.05, 0.1) is 0 Å². The highest BCUT2D eigenvalue weighted by molar-refractivity contribution is 5.85. The number of terminal acetylenes is 1. The van der Waals surface area contributed by atoms with Crippen molar-refractivity contribution in [3.8, 4) is 12.3 Å². The van der Waals surface area contributed by atoms with Crippen LogP contribution in [0.4, 0.5) is 0 Å². The minimum absolute atomic E-state index is 0.0314. The Balaban J connectivity index is 2.29. The van der Waals surface area contributed by atoms with Crippen molar-refractivity contribution >= 4 is 11.9 Å². The van der Waals surface area contributed by atoms with E-state index in [1.54, 1.807) is 6.92 Å². The molecule has 1 aliphatic carbocycles. The monoisotopic (exact) mass is 251 g/mol. The van der Waals surface area contributed by atoms with Crippen molar-refractivity contribution in [3.63, 3.8) is 0 Å². The first kappa shape index (κ1) is 14.6. The number of carbonyl (C=O) groups is 2. The molecule has 0 aromatic rings. The second-order valence-electron chi connectivity index (χ2n) is 4.69. The fraction of sp³-hybridized carbons (Fsp3) is 0.714. The molecule has 0 saturated heterocycles. The molecule has 0 aromatic heterocycles. The molecular weight excluding hydrogens is 230 g/mol. The number of amides is 1. The van der Waals surface area contributed by atoms with Crippen LogP contribution in [0, 0.1) is 18.3 Å². The Morgan fingerprint density at radius 1 is 1.39 bits per heavy atom. The van der Waals surface area contributed by atoms with Crippen LogP contribution < -0.4 is 5.32 Å². The average Bonchev–Trinajstić information content (AvgIpc) is 2.39. The van der Waals surface area contributed by atoms with E-state index in [1.165, 1.54) is 6.42 Å². The summed E-state index contributed by atoms with van der Waals surface area (Å²) in [4.78, 5) is 23.4. The Morgan fingerprint density at radius 2 is 2.06 bits per heavy atom. The molecule has 1 N–H and O–H groups in total. The summed E-state index contributed by atoms with van der Waals surface area (Å²) in [7, 11) is 0. The van der Waals surface area contributed by atoms with Gasteiger partial charge in [-0.3, -0.25) is 4.79 Å². The molecule has 4 heteroatoms. The summed E-state index contributed by atoms with van der Waals surface area (Å²) in [5, 5.41) is 2.71. The molecule has 18 heavy (non-hydrogen) atoms. The lowest BCUT2D eigenvalue weighted by Crippen LogP contribution is -2.43. The van der Waals surface area contributed by atoms with E-state index in [2.05, 4.69) is 11.2 Å². The lowest BCUT2D eigenvalue weighted by atomic mass is 9.88. The highest BCUT2D eigenvalue weighted by Gasteiger charge is 2.24. The van der Waals surface area contributed by atoms with Crippen LogP contribution in [0.3, 0.4) is 0 Å². The molecule has 0 radical (unpaired) electrons. The SMILES string of the molecule is C#CCCOC(=O)C(C)NC(=O)C1CCCCC1. The third-order valence-corrected chi connectivity index (χ3v) is 3.18. The Morgan fingerprint density at radius 3 is 2.67 bits per heavy atom. The van der Waals surface area contributed by atoms with Crippen molar-refractivity contribution in [3.05, 3.63) is 0 Å². The average molecular weight is 251 g/mol. The topological polar surface area (TPSA) is 55.4 Å². The first-order valence-electron chi connectivity index (χ1n) is 6.55. The van der Waals surface area contributed by atoms with Gasteiger partial charge in [0.15, 0.2) is 0 Å². The maximum Gasteiger partial charge on any atom is 0.328 e. The fourth-order valence-corrected chi connectivity index (χ4v) is 2.09. The van der Waals surface area contributed by atoms with E-state index in [-0.39, 0.29) is 18.4 Å². The summed E-state index contributed by atoms with van der Waals surface area (Å²) >= 11 is 0. The first-order valence-corrected chi connectivity index (χ1v) is 6.55. The zero-order chi connectivity index (χ0) is 13.4.